The van der Waals surface area contributed by atoms with E-state index in [1.807, 2.05) is 0 Å². The van der Waals surface area contributed by atoms with E-state index in [-0.39, 0.29) is 29.8 Å². The monoisotopic (exact) mass is 474 g/mol. The van der Waals surface area contributed by atoms with Gasteiger partial charge in [0.15, 0.2) is 5.11 Å². The number of amides is 3. The second-order valence-corrected chi connectivity index (χ2v) is 7.87. The van der Waals surface area contributed by atoms with E-state index in [1.54, 1.807) is 62.6 Å². The van der Waals surface area contributed by atoms with Crippen LogP contribution in [-0.4, -0.2) is 52.4 Å². The van der Waals surface area contributed by atoms with Crippen molar-refractivity contribution in [2.45, 2.75) is 25.8 Å². The van der Waals surface area contributed by atoms with Gasteiger partial charge in [-0.1, -0.05) is 29.8 Å². The number of likely N-dealkylation sites (N-methyl/N-ethyl adjacent to an activating group) is 1. The second-order valence-electron chi connectivity index (χ2n) is 7.07. The quantitative estimate of drug-likeness (QED) is 0.572. The first-order valence-corrected chi connectivity index (χ1v) is 10.7. The van der Waals surface area contributed by atoms with Crippen molar-refractivity contribution in [3.05, 3.63) is 59.1 Å². The molecule has 1 heterocycles. The number of anilines is 1. The number of carbonyl (C=O) groups is 3. The zero-order chi connectivity index (χ0) is 23.3. The third-order valence-corrected chi connectivity index (χ3v) is 5.52. The number of benzene rings is 2. The van der Waals surface area contributed by atoms with Crippen LogP contribution in [0.25, 0.3) is 0 Å². The number of nitrogens with zero attached hydrogens (tertiary/aromatic N) is 2. The molecule has 0 aliphatic carbocycles. The molecule has 1 atom stereocenters. The lowest BCUT2D eigenvalue weighted by Crippen LogP contribution is -2.50. The molecule has 0 bridgehead atoms. The molecule has 168 valence electrons. The van der Waals surface area contributed by atoms with Gasteiger partial charge in [0.05, 0.1) is 20.0 Å². The van der Waals surface area contributed by atoms with Gasteiger partial charge in [0.1, 0.15) is 11.8 Å². The van der Waals surface area contributed by atoms with Gasteiger partial charge >= 0.3 is 0 Å². The summed E-state index contributed by atoms with van der Waals surface area (Å²) in [6, 6.07) is 12.8. The van der Waals surface area contributed by atoms with Gasteiger partial charge < -0.3 is 10.1 Å². The number of hydrazine groups is 1. The van der Waals surface area contributed by atoms with Gasteiger partial charge in [-0.05, 0) is 55.0 Å². The van der Waals surface area contributed by atoms with Crippen LogP contribution >= 0.6 is 23.8 Å². The van der Waals surface area contributed by atoms with Gasteiger partial charge in [0.25, 0.3) is 5.91 Å². The fraction of sp³-hybridized carbons (Fsp3) is 0.273. The molecule has 1 unspecified atom stereocenters. The van der Waals surface area contributed by atoms with Crippen LogP contribution in [0.1, 0.15) is 18.9 Å². The fourth-order valence-corrected chi connectivity index (χ4v) is 3.88. The van der Waals surface area contributed by atoms with Crippen molar-refractivity contribution in [1.29, 1.82) is 0 Å². The summed E-state index contributed by atoms with van der Waals surface area (Å²) in [7, 11) is 1.56. The predicted octanol–water partition coefficient (Wildman–Crippen LogP) is 2.77. The Labute approximate surface area is 196 Å². The molecule has 0 saturated carbocycles. The topological polar surface area (TPSA) is 91.0 Å². The molecule has 2 aromatic carbocycles. The number of nitrogens with one attached hydrogen (secondary N) is 2. The number of halogens is 1. The van der Waals surface area contributed by atoms with Crippen LogP contribution in [0.5, 0.6) is 5.75 Å². The van der Waals surface area contributed by atoms with E-state index in [4.69, 9.17) is 28.6 Å². The van der Waals surface area contributed by atoms with Gasteiger partial charge in [-0.2, -0.15) is 0 Å². The van der Waals surface area contributed by atoms with E-state index < -0.39 is 11.9 Å². The first-order valence-electron chi connectivity index (χ1n) is 9.94. The van der Waals surface area contributed by atoms with Crippen molar-refractivity contribution in [1.82, 2.24) is 15.3 Å². The maximum Gasteiger partial charge on any atom is 0.254 e. The average molecular weight is 475 g/mol. The number of rotatable bonds is 8. The molecular weight excluding hydrogens is 452 g/mol. The zero-order valence-corrected chi connectivity index (χ0v) is 19.2. The number of hydrogen-bond donors (Lipinski definition) is 2. The van der Waals surface area contributed by atoms with E-state index in [0.29, 0.717) is 23.0 Å². The van der Waals surface area contributed by atoms with Crippen molar-refractivity contribution in [3.8, 4) is 5.75 Å². The summed E-state index contributed by atoms with van der Waals surface area (Å²) in [4.78, 5) is 39.4. The Morgan fingerprint density at radius 2 is 1.88 bits per heavy atom. The van der Waals surface area contributed by atoms with Crippen molar-refractivity contribution >= 4 is 52.3 Å². The second kappa shape index (κ2) is 10.4. The lowest BCUT2D eigenvalue weighted by molar-refractivity contribution is -0.132. The summed E-state index contributed by atoms with van der Waals surface area (Å²) in [6.45, 7) is 2.10. The Kier molecular flexibility index (Phi) is 7.66. The largest absolute Gasteiger partial charge is 0.497 e. The molecule has 1 saturated heterocycles. The lowest BCUT2D eigenvalue weighted by atomic mass is 10.1. The van der Waals surface area contributed by atoms with E-state index in [2.05, 4.69) is 10.7 Å². The van der Waals surface area contributed by atoms with Crippen LogP contribution in [0.3, 0.4) is 0 Å². The summed E-state index contributed by atoms with van der Waals surface area (Å²) in [5.41, 5.74) is 3.97. The molecule has 3 rings (SSSR count). The van der Waals surface area contributed by atoms with Crippen LogP contribution in [-0.2, 0) is 20.8 Å². The third-order valence-electron chi connectivity index (χ3n) is 4.87. The van der Waals surface area contributed by atoms with Crippen LogP contribution in [0.4, 0.5) is 5.69 Å². The van der Waals surface area contributed by atoms with Crippen LogP contribution < -0.4 is 15.5 Å². The van der Waals surface area contributed by atoms with Gasteiger partial charge in [-0.15, -0.1) is 0 Å². The Hall–Kier alpha value is -3.17. The summed E-state index contributed by atoms with van der Waals surface area (Å²) in [5.74, 6) is -0.419. The highest BCUT2D eigenvalue weighted by atomic mass is 35.5. The number of ether oxygens (including phenoxy) is 1. The number of methoxy groups -OCH3 is 1. The summed E-state index contributed by atoms with van der Waals surface area (Å²) in [6.07, 6.45) is -0.115. The van der Waals surface area contributed by atoms with Gasteiger partial charge in [-0.25, -0.2) is 5.01 Å². The molecule has 0 radical (unpaired) electrons. The van der Waals surface area contributed by atoms with Crippen molar-refractivity contribution in [2.24, 2.45) is 0 Å². The van der Waals surface area contributed by atoms with Gasteiger partial charge in [-0.3, -0.25) is 24.7 Å². The van der Waals surface area contributed by atoms with E-state index in [1.165, 1.54) is 9.91 Å². The first-order chi connectivity index (χ1) is 15.3. The standard InChI is InChI=1S/C22H23ClN4O4S/c1-3-26-21(30)18(13-19(28)24-16-6-4-5-15(23)12-16)27(22(26)32)25-20(29)11-14-7-9-17(31-2)10-8-14/h4-10,12,18H,3,11,13H2,1-2H3,(H,24,28)(H,25,29). The normalized spacial score (nSPS) is 15.7. The van der Waals surface area contributed by atoms with Gasteiger partial charge in [0, 0.05) is 17.3 Å². The van der Waals surface area contributed by atoms with Crippen LogP contribution in [0.15, 0.2) is 48.5 Å². The van der Waals surface area contributed by atoms with Crippen LogP contribution in [0.2, 0.25) is 5.02 Å². The maximum absolute atomic E-state index is 12.8. The summed E-state index contributed by atoms with van der Waals surface area (Å²) < 4.78 is 5.12. The molecule has 8 nitrogen and oxygen atoms in total. The molecule has 2 N–H and O–H groups in total. The van der Waals surface area contributed by atoms with Crippen molar-refractivity contribution in [3.63, 3.8) is 0 Å². The zero-order valence-electron chi connectivity index (χ0n) is 17.6. The van der Waals surface area contributed by atoms with Crippen molar-refractivity contribution < 1.29 is 19.1 Å². The fourth-order valence-electron chi connectivity index (χ4n) is 3.30. The molecular formula is C22H23ClN4O4S. The highest BCUT2D eigenvalue weighted by Gasteiger charge is 2.43. The number of hydrogen-bond acceptors (Lipinski definition) is 5. The highest BCUT2D eigenvalue weighted by molar-refractivity contribution is 7.80. The summed E-state index contributed by atoms with van der Waals surface area (Å²) >= 11 is 11.3. The molecule has 1 aliphatic heterocycles. The van der Waals surface area contributed by atoms with E-state index in [0.717, 1.165) is 5.56 Å². The molecule has 32 heavy (non-hydrogen) atoms. The Morgan fingerprint density at radius 1 is 1.16 bits per heavy atom. The SMILES string of the molecule is CCN1C(=O)C(CC(=O)Nc2cccc(Cl)c2)N(NC(=O)Cc2ccc(OC)cc2)C1=S. The smallest absolute Gasteiger partial charge is 0.254 e. The Morgan fingerprint density at radius 3 is 2.50 bits per heavy atom. The lowest BCUT2D eigenvalue weighted by Gasteiger charge is -2.24. The molecule has 0 aromatic heterocycles. The third kappa shape index (κ3) is 5.54. The highest BCUT2D eigenvalue weighted by Crippen LogP contribution is 2.21. The van der Waals surface area contributed by atoms with E-state index >= 15 is 0 Å². The van der Waals surface area contributed by atoms with Crippen molar-refractivity contribution in [2.75, 3.05) is 19.0 Å². The van der Waals surface area contributed by atoms with E-state index in [9.17, 15) is 14.4 Å². The molecule has 3 amide bonds. The molecule has 1 aliphatic rings. The summed E-state index contributed by atoms with van der Waals surface area (Å²) in [5, 5.41) is 4.64. The molecule has 1 fully saturated rings. The molecule has 2 aromatic rings. The minimum absolute atomic E-state index is 0.0743. The number of thiocarbonyl (C=S) groups is 1. The number of carbonyl (C=O) groups excluding carboxylic acids is 3. The average Bonchev–Trinajstić information content (AvgIpc) is 2.97. The van der Waals surface area contributed by atoms with Crippen LogP contribution in [0, 0.1) is 0 Å². The Bertz CT molecular complexity index is 1030. The minimum atomic E-state index is -0.943. The predicted molar refractivity (Wildman–Crippen MR) is 125 cm³/mol. The van der Waals surface area contributed by atoms with Gasteiger partial charge in [0.2, 0.25) is 11.8 Å². The molecule has 0 spiro atoms. The Balaban J connectivity index is 1.69. The molecule has 10 heteroatoms. The maximum atomic E-state index is 12.8. The first kappa shape index (κ1) is 23.5. The minimum Gasteiger partial charge on any atom is -0.497 e.